The third-order valence-electron chi connectivity index (χ3n) is 5.09. The molecule has 0 spiro atoms. The average Bonchev–Trinajstić information content (AvgIpc) is 3.16. The Morgan fingerprint density at radius 2 is 1.23 bits per heavy atom. The normalized spacial score (nSPS) is 10.8. The lowest BCUT2D eigenvalue weighted by atomic mass is 9.96. The van der Waals surface area contributed by atoms with E-state index in [1.54, 1.807) is 6.07 Å². The zero-order chi connectivity index (χ0) is 23.6. The molecule has 3 rings (SSSR count). The van der Waals surface area contributed by atoms with Crippen LogP contribution in [0.3, 0.4) is 0 Å². The fourth-order valence-corrected chi connectivity index (χ4v) is 2.96. The minimum Gasteiger partial charge on any atom is -0.283 e. The third kappa shape index (κ3) is 9.50. The third-order valence-corrected chi connectivity index (χ3v) is 5.09. The van der Waals surface area contributed by atoms with Crippen molar-refractivity contribution in [3.63, 3.8) is 0 Å². The van der Waals surface area contributed by atoms with E-state index in [0.717, 1.165) is 17.0 Å². The minimum atomic E-state index is -0.0995. The van der Waals surface area contributed by atoms with Gasteiger partial charge in [0, 0.05) is 5.69 Å². The van der Waals surface area contributed by atoms with Crippen molar-refractivity contribution in [1.29, 1.82) is 0 Å². The van der Waals surface area contributed by atoms with Crippen LogP contribution in [0.4, 0.5) is 4.39 Å². The summed E-state index contributed by atoms with van der Waals surface area (Å²) >= 11 is 0. The highest BCUT2D eigenvalue weighted by molar-refractivity contribution is 5.27. The van der Waals surface area contributed by atoms with Gasteiger partial charge in [-0.15, -0.1) is 0 Å². The molecule has 0 fully saturated rings. The maximum absolute atomic E-state index is 12.8. The SMILES string of the molecule is CC(C)c1cccc(C(C)C)c1.CC(C)c1ccccc1F.Cc1cc(C(C)C)n[nH]1. The number of aromatic amines is 1. The van der Waals surface area contributed by atoms with E-state index in [0.29, 0.717) is 17.8 Å². The summed E-state index contributed by atoms with van der Waals surface area (Å²) in [4.78, 5) is 0. The lowest BCUT2D eigenvalue weighted by Crippen LogP contribution is -1.91. The van der Waals surface area contributed by atoms with Gasteiger partial charge < -0.3 is 0 Å². The summed E-state index contributed by atoms with van der Waals surface area (Å²) in [5.74, 6) is 2.00. The first-order valence-corrected chi connectivity index (χ1v) is 11.4. The number of aromatic nitrogens is 2. The van der Waals surface area contributed by atoms with E-state index in [-0.39, 0.29) is 11.7 Å². The van der Waals surface area contributed by atoms with Gasteiger partial charge in [0.1, 0.15) is 5.82 Å². The molecular formula is C28H41FN2. The molecule has 0 amide bonds. The van der Waals surface area contributed by atoms with Crippen molar-refractivity contribution in [3.05, 3.63) is 88.5 Å². The summed E-state index contributed by atoms with van der Waals surface area (Å²) in [5.41, 5.74) is 5.97. The first-order chi connectivity index (χ1) is 14.5. The van der Waals surface area contributed by atoms with Crippen LogP contribution in [0, 0.1) is 12.7 Å². The summed E-state index contributed by atoms with van der Waals surface area (Å²) in [7, 11) is 0. The predicted molar refractivity (Wildman–Crippen MR) is 133 cm³/mol. The van der Waals surface area contributed by atoms with Crippen LogP contribution in [0.1, 0.15) is 107 Å². The van der Waals surface area contributed by atoms with Gasteiger partial charge in [0.05, 0.1) is 5.69 Å². The molecule has 31 heavy (non-hydrogen) atoms. The van der Waals surface area contributed by atoms with Gasteiger partial charge in [-0.2, -0.15) is 5.10 Å². The van der Waals surface area contributed by atoms with Gasteiger partial charge in [0.15, 0.2) is 0 Å². The highest BCUT2D eigenvalue weighted by Gasteiger charge is 2.03. The second-order valence-electron chi connectivity index (χ2n) is 9.29. The molecule has 0 aliphatic rings. The highest BCUT2D eigenvalue weighted by Crippen LogP contribution is 2.20. The quantitative estimate of drug-likeness (QED) is 0.445. The Hall–Kier alpha value is -2.42. The van der Waals surface area contributed by atoms with Gasteiger partial charge in [0.25, 0.3) is 0 Å². The molecule has 1 N–H and O–H groups in total. The smallest absolute Gasteiger partial charge is 0.126 e. The topological polar surface area (TPSA) is 28.7 Å². The molecule has 0 unspecified atom stereocenters. The predicted octanol–water partition coefficient (Wildman–Crippen LogP) is 8.72. The molecule has 0 saturated heterocycles. The summed E-state index contributed by atoms with van der Waals surface area (Å²) < 4.78 is 12.8. The number of benzene rings is 2. The van der Waals surface area contributed by atoms with Crippen LogP contribution in [0.15, 0.2) is 54.6 Å². The number of rotatable bonds is 4. The monoisotopic (exact) mass is 424 g/mol. The molecule has 3 aromatic rings. The van der Waals surface area contributed by atoms with Crippen molar-refractivity contribution in [2.75, 3.05) is 0 Å². The van der Waals surface area contributed by atoms with E-state index >= 15 is 0 Å². The molecule has 1 heterocycles. The number of nitrogens with one attached hydrogen (secondary N) is 1. The largest absolute Gasteiger partial charge is 0.283 e. The summed E-state index contributed by atoms with van der Waals surface area (Å²) in [6.07, 6.45) is 0. The Bertz CT molecular complexity index is 868. The van der Waals surface area contributed by atoms with Crippen molar-refractivity contribution in [2.24, 2.45) is 0 Å². The van der Waals surface area contributed by atoms with Gasteiger partial charge in [-0.05, 0) is 59.4 Å². The number of hydrogen-bond acceptors (Lipinski definition) is 1. The number of aryl methyl sites for hydroxylation is 1. The molecule has 2 nitrogen and oxygen atoms in total. The summed E-state index contributed by atoms with van der Waals surface area (Å²) in [5, 5.41) is 6.99. The maximum Gasteiger partial charge on any atom is 0.126 e. The van der Waals surface area contributed by atoms with Crippen LogP contribution in [0.5, 0.6) is 0 Å². The Morgan fingerprint density at radius 3 is 1.55 bits per heavy atom. The average molecular weight is 425 g/mol. The first kappa shape index (κ1) is 26.6. The summed E-state index contributed by atoms with van der Waals surface area (Å²) in [6.45, 7) is 19.2. The number of hydrogen-bond donors (Lipinski definition) is 1. The van der Waals surface area contributed by atoms with Gasteiger partial charge >= 0.3 is 0 Å². The van der Waals surface area contributed by atoms with Crippen LogP contribution < -0.4 is 0 Å². The highest BCUT2D eigenvalue weighted by atomic mass is 19.1. The molecule has 0 bridgehead atoms. The van der Waals surface area contributed by atoms with E-state index in [1.165, 1.54) is 17.2 Å². The molecule has 3 heteroatoms. The Labute approximate surface area is 189 Å². The van der Waals surface area contributed by atoms with Crippen LogP contribution in [-0.2, 0) is 0 Å². The van der Waals surface area contributed by atoms with Crippen LogP contribution in [0.25, 0.3) is 0 Å². The number of halogens is 1. The van der Waals surface area contributed by atoms with E-state index in [4.69, 9.17) is 0 Å². The van der Waals surface area contributed by atoms with Crippen molar-refractivity contribution < 1.29 is 4.39 Å². The molecular weight excluding hydrogens is 383 g/mol. The standard InChI is InChI=1S/C12H18.C9H11F.C7H12N2/c1-9(2)11-6-5-7-12(8-11)10(3)4;1-7(2)8-5-3-4-6-9(8)10;1-5(2)7-4-6(3)8-9-7/h5-10H,1-4H3;3-7H,1-2H3;4-5H,1-3H3,(H,8,9). The van der Waals surface area contributed by atoms with Gasteiger partial charge in [-0.3, -0.25) is 5.10 Å². The first-order valence-electron chi connectivity index (χ1n) is 11.4. The molecule has 1 aromatic heterocycles. The second kappa shape index (κ2) is 13.1. The van der Waals surface area contributed by atoms with Crippen molar-refractivity contribution in [2.45, 2.75) is 86.0 Å². The minimum absolute atomic E-state index is 0.0995. The van der Waals surface area contributed by atoms with Crippen LogP contribution in [-0.4, -0.2) is 10.2 Å². The molecule has 0 aliphatic heterocycles. The van der Waals surface area contributed by atoms with E-state index < -0.39 is 0 Å². The molecule has 0 saturated carbocycles. The van der Waals surface area contributed by atoms with Crippen molar-refractivity contribution >= 4 is 0 Å². The zero-order valence-corrected chi connectivity index (χ0v) is 20.8. The molecule has 170 valence electrons. The van der Waals surface area contributed by atoms with Crippen LogP contribution in [0.2, 0.25) is 0 Å². The lowest BCUT2D eigenvalue weighted by Gasteiger charge is -2.09. The fraction of sp³-hybridized carbons (Fsp3) is 0.464. The summed E-state index contributed by atoms with van der Waals surface area (Å²) in [6, 6.07) is 17.8. The van der Waals surface area contributed by atoms with Gasteiger partial charge in [-0.1, -0.05) is 97.9 Å². The second-order valence-corrected chi connectivity index (χ2v) is 9.29. The fourth-order valence-electron chi connectivity index (χ4n) is 2.96. The lowest BCUT2D eigenvalue weighted by molar-refractivity contribution is 0.598. The van der Waals surface area contributed by atoms with Gasteiger partial charge in [-0.25, -0.2) is 4.39 Å². The molecule has 0 radical (unpaired) electrons. The van der Waals surface area contributed by atoms with Gasteiger partial charge in [0.2, 0.25) is 0 Å². The zero-order valence-electron chi connectivity index (χ0n) is 20.8. The Morgan fingerprint density at radius 1 is 0.677 bits per heavy atom. The molecule has 0 aliphatic carbocycles. The number of H-pyrrole nitrogens is 1. The number of nitrogens with zero attached hydrogens (tertiary/aromatic N) is 1. The molecule has 2 aromatic carbocycles. The van der Waals surface area contributed by atoms with Crippen LogP contribution >= 0.6 is 0 Å². The van der Waals surface area contributed by atoms with Crippen molar-refractivity contribution in [1.82, 2.24) is 10.2 Å². The van der Waals surface area contributed by atoms with E-state index in [9.17, 15) is 4.39 Å². The van der Waals surface area contributed by atoms with E-state index in [1.807, 2.05) is 32.9 Å². The van der Waals surface area contributed by atoms with Crippen molar-refractivity contribution in [3.8, 4) is 0 Å². The van der Waals surface area contributed by atoms with E-state index in [2.05, 4.69) is 82.1 Å². The molecule has 0 atom stereocenters. The maximum atomic E-state index is 12.8. The Balaban J connectivity index is 0.000000235. The Kier molecular flexibility index (Phi) is 11.2.